The highest BCUT2D eigenvalue weighted by Gasteiger charge is 2.65. The van der Waals surface area contributed by atoms with E-state index in [1.807, 2.05) is 54.6 Å². The summed E-state index contributed by atoms with van der Waals surface area (Å²) in [6.45, 7) is 4.93. The number of aliphatic hydroxyl groups excluding tert-OH is 3. The van der Waals surface area contributed by atoms with Gasteiger partial charge in [-0.3, -0.25) is 4.90 Å². The molecule has 4 aliphatic rings. The number of hydrogen-bond donors (Lipinski definition) is 3. The monoisotopic (exact) mass is 916 g/mol. The molecule has 2 aliphatic carbocycles. The van der Waals surface area contributed by atoms with E-state index >= 15 is 0 Å². The SMILES string of the molecule is C=CCO[C@@]12Oc3ccc(Oc4ccc(-c5ccccc5)cc4)cc3[C@H]3[C@H](CCCCO)[C@@H](CCCCO)C=C(C(=NOC4CCCCO4)C[C@@H]1N(CCOCCO)C(=O)OCCCl)[C@H]32. The number of fused-ring (bicyclic) bond motifs is 2. The van der Waals surface area contributed by atoms with E-state index in [0.717, 1.165) is 60.8 Å². The fourth-order valence-corrected chi connectivity index (χ4v) is 10.1. The molecule has 1 saturated carbocycles. The molecule has 7 atom stereocenters. The molecule has 65 heavy (non-hydrogen) atoms. The second kappa shape index (κ2) is 24.3. The van der Waals surface area contributed by atoms with Crippen LogP contribution in [-0.2, 0) is 23.8 Å². The smallest absolute Gasteiger partial charge is 0.410 e. The lowest BCUT2D eigenvalue weighted by Gasteiger charge is -2.59. The Hall–Kier alpha value is -4.47. The quantitative estimate of drug-likeness (QED) is 0.0341. The van der Waals surface area contributed by atoms with Gasteiger partial charge in [0.15, 0.2) is 0 Å². The molecule has 0 spiro atoms. The molecule has 2 heterocycles. The van der Waals surface area contributed by atoms with Crippen LogP contribution in [0.3, 0.4) is 0 Å². The fourth-order valence-electron chi connectivity index (χ4n) is 10.0. The number of alkyl halides is 1. The van der Waals surface area contributed by atoms with Gasteiger partial charge in [-0.1, -0.05) is 72.6 Å². The number of benzene rings is 3. The van der Waals surface area contributed by atoms with E-state index in [2.05, 4.69) is 30.9 Å². The molecule has 352 valence electrons. The Labute approximate surface area is 387 Å². The lowest BCUT2D eigenvalue weighted by Crippen LogP contribution is -2.70. The molecule has 0 radical (unpaired) electrons. The average Bonchev–Trinajstić information content (AvgIpc) is 3.34. The number of halogens is 1. The number of rotatable bonds is 24. The molecular weight excluding hydrogens is 852 g/mol. The van der Waals surface area contributed by atoms with Crippen LogP contribution in [0, 0.1) is 17.8 Å². The maximum Gasteiger partial charge on any atom is 0.410 e. The summed E-state index contributed by atoms with van der Waals surface area (Å²) in [4.78, 5) is 22.2. The van der Waals surface area contributed by atoms with Gasteiger partial charge in [0.25, 0.3) is 0 Å². The highest BCUT2D eigenvalue weighted by atomic mass is 35.5. The average molecular weight is 918 g/mol. The molecule has 7 rings (SSSR count). The Morgan fingerprint density at radius 1 is 0.908 bits per heavy atom. The predicted octanol–water partition coefficient (Wildman–Crippen LogP) is 8.99. The topological polar surface area (TPSA) is 158 Å². The maximum absolute atomic E-state index is 14.4. The molecule has 1 unspecified atom stereocenters. The summed E-state index contributed by atoms with van der Waals surface area (Å²) in [5, 5.41) is 34.4. The predicted molar refractivity (Wildman–Crippen MR) is 248 cm³/mol. The third kappa shape index (κ3) is 11.7. The van der Waals surface area contributed by atoms with E-state index < -0.39 is 30.1 Å². The Bertz CT molecular complexity index is 2030. The molecule has 1 amide bonds. The van der Waals surface area contributed by atoms with Gasteiger partial charge in [-0.05, 0) is 97.4 Å². The molecule has 2 fully saturated rings. The minimum absolute atomic E-state index is 0.0101. The lowest BCUT2D eigenvalue weighted by molar-refractivity contribution is -0.256. The van der Waals surface area contributed by atoms with Crippen molar-refractivity contribution in [2.24, 2.45) is 22.9 Å². The van der Waals surface area contributed by atoms with E-state index in [1.165, 1.54) is 0 Å². The van der Waals surface area contributed by atoms with Gasteiger partial charge in [0.05, 0.1) is 50.5 Å². The summed E-state index contributed by atoms with van der Waals surface area (Å²) < 4.78 is 38.5. The van der Waals surface area contributed by atoms with Gasteiger partial charge in [0.1, 0.15) is 29.9 Å². The van der Waals surface area contributed by atoms with Crippen molar-refractivity contribution in [3.8, 4) is 28.4 Å². The van der Waals surface area contributed by atoms with Crippen molar-refractivity contribution in [3.05, 3.63) is 103 Å². The first-order chi connectivity index (χ1) is 31.9. The summed E-state index contributed by atoms with van der Waals surface area (Å²) in [5.74, 6) is -0.263. The highest BCUT2D eigenvalue weighted by molar-refractivity contribution is 6.18. The minimum atomic E-state index is -1.50. The van der Waals surface area contributed by atoms with Gasteiger partial charge in [0, 0.05) is 44.1 Å². The number of unbranched alkanes of at least 4 members (excludes halogenated alkanes) is 2. The number of carbonyl (C=O) groups excluding carboxylic acids is 1. The van der Waals surface area contributed by atoms with Gasteiger partial charge >= 0.3 is 6.09 Å². The molecule has 0 bridgehead atoms. The molecule has 3 aromatic carbocycles. The molecule has 13 nitrogen and oxygen atoms in total. The third-order valence-corrected chi connectivity index (χ3v) is 13.0. The number of oxime groups is 1. The Balaban J connectivity index is 1.39. The zero-order valence-corrected chi connectivity index (χ0v) is 38.0. The largest absolute Gasteiger partial charge is 0.459 e. The first-order valence-electron chi connectivity index (χ1n) is 23.3. The Morgan fingerprint density at radius 3 is 2.40 bits per heavy atom. The fraction of sp³-hybridized carbons (Fsp3) is 0.529. The number of ether oxygens (including phenoxy) is 6. The molecule has 0 aromatic heterocycles. The van der Waals surface area contributed by atoms with Gasteiger partial charge < -0.3 is 48.6 Å². The van der Waals surface area contributed by atoms with Crippen LogP contribution in [0.15, 0.2) is 102 Å². The number of amides is 1. The number of nitrogens with zero attached hydrogens (tertiary/aromatic N) is 2. The summed E-state index contributed by atoms with van der Waals surface area (Å²) in [5.41, 5.74) is 4.66. The first kappa shape index (κ1) is 48.5. The molecule has 2 aliphatic heterocycles. The Kier molecular flexibility index (Phi) is 18.1. The van der Waals surface area contributed by atoms with Crippen molar-refractivity contribution in [1.82, 2.24) is 4.90 Å². The molecule has 3 aromatic rings. The summed E-state index contributed by atoms with van der Waals surface area (Å²) in [6, 6.07) is 23.3. The van der Waals surface area contributed by atoms with Crippen molar-refractivity contribution in [3.63, 3.8) is 0 Å². The second-order valence-corrected chi connectivity index (χ2v) is 17.4. The zero-order valence-electron chi connectivity index (χ0n) is 37.3. The lowest BCUT2D eigenvalue weighted by atomic mass is 9.55. The van der Waals surface area contributed by atoms with Crippen LogP contribution >= 0.6 is 11.6 Å². The van der Waals surface area contributed by atoms with Gasteiger partial charge in [-0.2, -0.15) is 0 Å². The van der Waals surface area contributed by atoms with Crippen LogP contribution in [0.5, 0.6) is 17.2 Å². The van der Waals surface area contributed by atoms with Crippen molar-refractivity contribution >= 4 is 23.4 Å². The second-order valence-electron chi connectivity index (χ2n) is 17.0. The number of allylic oxidation sites excluding steroid dienone is 1. The van der Waals surface area contributed by atoms with E-state index in [4.69, 9.17) is 50.0 Å². The van der Waals surface area contributed by atoms with Crippen molar-refractivity contribution in [2.45, 2.75) is 88.2 Å². The number of aliphatic hydroxyl groups is 3. The molecule has 1 saturated heterocycles. The van der Waals surface area contributed by atoms with Crippen LogP contribution in [0.2, 0.25) is 0 Å². The van der Waals surface area contributed by atoms with Gasteiger partial charge in [-0.25, -0.2) is 4.79 Å². The van der Waals surface area contributed by atoms with Gasteiger partial charge in [-0.15, -0.1) is 18.2 Å². The van der Waals surface area contributed by atoms with Gasteiger partial charge in [0.2, 0.25) is 12.1 Å². The van der Waals surface area contributed by atoms with Crippen molar-refractivity contribution in [1.29, 1.82) is 0 Å². The van der Waals surface area contributed by atoms with Crippen LogP contribution < -0.4 is 9.47 Å². The van der Waals surface area contributed by atoms with Crippen molar-refractivity contribution in [2.75, 3.05) is 65.3 Å². The van der Waals surface area contributed by atoms with E-state index in [9.17, 15) is 20.1 Å². The van der Waals surface area contributed by atoms with Crippen LogP contribution in [0.4, 0.5) is 4.79 Å². The number of carbonyl (C=O) groups is 1. The molecular formula is C51H65ClN2O11. The highest BCUT2D eigenvalue weighted by Crippen LogP contribution is 2.62. The summed E-state index contributed by atoms with van der Waals surface area (Å²) in [6.07, 6.45) is 10.1. The molecule has 14 heteroatoms. The first-order valence-corrected chi connectivity index (χ1v) is 23.8. The van der Waals surface area contributed by atoms with Crippen LogP contribution in [-0.4, -0.2) is 115 Å². The standard InChI is InChI=1S/C51H65ClN2O11/c1-2-28-62-51-46(54(24-31-59-32-27-57)50(58)61-30-23-52)35-44(53-65-47-16-8-11-29-60-47)42-33-38(14-6-9-25-55)41(15-7-10-26-56)48(49(42)51)43-34-40(21-22-45(43)64-51)63-39-19-17-37(18-20-39)36-12-4-3-5-13-36/h2-5,12-13,17-22,33-34,38,41,46-49,55-57H,1,6-11,14-16,23-32,35H2/t38-,41+,46-,47?,48+,49+,51+/m0/s1. The summed E-state index contributed by atoms with van der Waals surface area (Å²) in [7, 11) is 0. The van der Waals surface area contributed by atoms with E-state index in [1.54, 1.807) is 11.0 Å². The summed E-state index contributed by atoms with van der Waals surface area (Å²) >= 11 is 6.07. The normalized spacial score (nSPS) is 25.1. The Morgan fingerprint density at radius 2 is 1.68 bits per heavy atom. The van der Waals surface area contributed by atoms with E-state index in [-0.39, 0.29) is 82.8 Å². The zero-order chi connectivity index (χ0) is 45.4. The number of hydrogen-bond acceptors (Lipinski definition) is 12. The van der Waals surface area contributed by atoms with Crippen LogP contribution in [0.25, 0.3) is 11.1 Å². The van der Waals surface area contributed by atoms with Crippen LogP contribution in [0.1, 0.15) is 75.7 Å². The maximum atomic E-state index is 14.4. The molecule has 3 N–H and O–H groups in total. The van der Waals surface area contributed by atoms with E-state index in [0.29, 0.717) is 48.8 Å². The minimum Gasteiger partial charge on any atom is -0.459 e. The third-order valence-electron chi connectivity index (χ3n) is 12.9. The van der Waals surface area contributed by atoms with Crippen molar-refractivity contribution < 1.29 is 53.4 Å².